The van der Waals surface area contributed by atoms with Crippen molar-refractivity contribution in [1.29, 1.82) is 0 Å². The van der Waals surface area contributed by atoms with Gasteiger partial charge in [0.05, 0.1) is 39.3 Å². The Morgan fingerprint density at radius 1 is 1.00 bits per heavy atom. The number of para-hydroxylation sites is 1. The van der Waals surface area contributed by atoms with Gasteiger partial charge >= 0.3 is 0 Å². The van der Waals surface area contributed by atoms with Crippen molar-refractivity contribution in [2.24, 2.45) is 0 Å². The molecule has 2 N–H and O–H groups in total. The second kappa shape index (κ2) is 13.1. The number of carbonyl (C=O) groups is 2. The van der Waals surface area contributed by atoms with Crippen LogP contribution in [0.25, 0.3) is 0 Å². The summed E-state index contributed by atoms with van der Waals surface area (Å²) in [5.74, 6) is 2.29. The zero-order chi connectivity index (χ0) is 25.2. The molecule has 2 atom stereocenters. The van der Waals surface area contributed by atoms with Gasteiger partial charge in [0.25, 0.3) is 0 Å². The van der Waals surface area contributed by atoms with Crippen molar-refractivity contribution in [1.82, 2.24) is 20.7 Å². The summed E-state index contributed by atoms with van der Waals surface area (Å²) < 4.78 is 16.9. The lowest BCUT2D eigenvalue weighted by molar-refractivity contribution is -0.133. The fourth-order valence-corrected chi connectivity index (χ4v) is 4.47. The third-order valence-corrected chi connectivity index (χ3v) is 6.38. The molecule has 4 rings (SSSR count). The van der Waals surface area contributed by atoms with Gasteiger partial charge in [0.15, 0.2) is 0 Å². The molecule has 9 nitrogen and oxygen atoms in total. The molecule has 2 aliphatic heterocycles. The molecule has 0 spiro atoms. The van der Waals surface area contributed by atoms with Gasteiger partial charge in [-0.3, -0.25) is 15.0 Å². The summed E-state index contributed by atoms with van der Waals surface area (Å²) in [6.45, 7) is 3.07. The highest BCUT2D eigenvalue weighted by atomic mass is 16.5. The van der Waals surface area contributed by atoms with Crippen LogP contribution in [0.4, 0.5) is 0 Å². The number of rotatable bonds is 10. The largest absolute Gasteiger partial charge is 0.497 e. The molecule has 2 fully saturated rings. The monoisotopic (exact) mass is 496 g/mol. The number of hydrazine groups is 1. The smallest absolute Gasteiger partial charge is 0.238 e. The lowest BCUT2D eigenvalue weighted by atomic mass is 10.2. The summed E-state index contributed by atoms with van der Waals surface area (Å²) in [4.78, 5) is 27.3. The Bertz CT molecular complexity index is 972. The Morgan fingerprint density at radius 3 is 2.56 bits per heavy atom. The predicted molar refractivity (Wildman–Crippen MR) is 136 cm³/mol. The number of hydrogen-bond donors (Lipinski definition) is 2. The molecule has 194 valence electrons. The maximum atomic E-state index is 13.0. The van der Waals surface area contributed by atoms with E-state index in [-0.39, 0.29) is 36.9 Å². The van der Waals surface area contributed by atoms with E-state index >= 15 is 0 Å². The topological polar surface area (TPSA) is 92.4 Å². The number of nitrogens with one attached hydrogen (secondary N) is 2. The molecule has 2 heterocycles. The Labute approximate surface area is 212 Å². The molecular weight excluding hydrogens is 460 g/mol. The van der Waals surface area contributed by atoms with E-state index in [0.29, 0.717) is 32.0 Å². The Morgan fingerprint density at radius 2 is 1.78 bits per heavy atom. The Kier molecular flexibility index (Phi) is 9.40. The predicted octanol–water partition coefficient (Wildman–Crippen LogP) is 2.23. The number of benzene rings is 2. The number of methoxy groups -OCH3 is 1. The first-order valence-corrected chi connectivity index (χ1v) is 12.6. The summed E-state index contributed by atoms with van der Waals surface area (Å²) in [6, 6.07) is 17.0. The maximum absolute atomic E-state index is 13.0. The van der Waals surface area contributed by atoms with E-state index in [1.807, 2.05) is 64.5 Å². The number of hydrogen-bond acceptors (Lipinski definition) is 7. The van der Waals surface area contributed by atoms with Gasteiger partial charge < -0.3 is 24.4 Å². The minimum atomic E-state index is -0.0723. The molecule has 2 aromatic rings. The molecule has 0 bridgehead atoms. The molecule has 0 aromatic heterocycles. The first kappa shape index (κ1) is 25.8. The molecule has 2 saturated heterocycles. The van der Waals surface area contributed by atoms with E-state index < -0.39 is 0 Å². The molecule has 0 radical (unpaired) electrons. The summed E-state index contributed by atoms with van der Waals surface area (Å²) in [6.07, 6.45) is 3.22. The molecule has 0 aliphatic carbocycles. The van der Waals surface area contributed by atoms with Crippen LogP contribution in [0, 0.1) is 0 Å². The van der Waals surface area contributed by atoms with Gasteiger partial charge in [-0.1, -0.05) is 18.2 Å². The van der Waals surface area contributed by atoms with Gasteiger partial charge in [0.2, 0.25) is 11.8 Å². The Balaban J connectivity index is 1.16. The SMILES string of the molecule is COc1ccc(OCCC(=O)NC2CNN(CC(=O)N3CCCCC(Oc4ccccc4)C3)C2)cc1. The molecule has 2 aromatic carbocycles. The van der Waals surface area contributed by atoms with Crippen molar-refractivity contribution in [3.63, 3.8) is 0 Å². The molecule has 2 aliphatic rings. The second-order valence-corrected chi connectivity index (χ2v) is 9.17. The molecular formula is C27H36N4O5. The number of amides is 2. The third kappa shape index (κ3) is 7.86. The number of likely N-dealkylation sites (tertiary alicyclic amines) is 1. The van der Waals surface area contributed by atoms with Crippen LogP contribution in [-0.4, -0.2) is 80.3 Å². The minimum Gasteiger partial charge on any atom is -0.497 e. The average Bonchev–Trinajstić information content (AvgIpc) is 3.18. The zero-order valence-corrected chi connectivity index (χ0v) is 20.9. The van der Waals surface area contributed by atoms with Crippen molar-refractivity contribution in [3.8, 4) is 17.2 Å². The van der Waals surface area contributed by atoms with E-state index in [1.165, 1.54) is 0 Å². The first-order valence-electron chi connectivity index (χ1n) is 12.6. The molecule has 0 saturated carbocycles. The highest BCUT2D eigenvalue weighted by molar-refractivity contribution is 5.78. The molecule has 2 unspecified atom stereocenters. The number of nitrogens with zero attached hydrogens (tertiary/aromatic N) is 2. The van der Waals surface area contributed by atoms with Crippen molar-refractivity contribution in [3.05, 3.63) is 54.6 Å². The van der Waals surface area contributed by atoms with Gasteiger partial charge in [0, 0.05) is 19.6 Å². The van der Waals surface area contributed by atoms with Crippen molar-refractivity contribution in [2.45, 2.75) is 37.8 Å². The average molecular weight is 497 g/mol. The molecule has 2 amide bonds. The summed E-state index contributed by atoms with van der Waals surface area (Å²) in [7, 11) is 1.61. The molecule has 9 heteroatoms. The maximum Gasteiger partial charge on any atom is 0.238 e. The van der Waals surface area contributed by atoms with Crippen LogP contribution in [-0.2, 0) is 9.59 Å². The summed E-state index contributed by atoms with van der Waals surface area (Å²) in [5.41, 5.74) is 3.24. The standard InChI is InChI=1S/C27H36N4O5/c1-34-22-10-12-23(13-11-22)35-16-14-26(32)29-21-17-28-31(18-21)20-27(33)30-15-6-5-9-25(19-30)36-24-7-3-2-4-8-24/h2-4,7-8,10-13,21,25,28H,5-6,9,14-20H2,1H3,(H,29,32). The third-order valence-electron chi connectivity index (χ3n) is 6.38. The summed E-state index contributed by atoms with van der Waals surface area (Å²) >= 11 is 0. The van der Waals surface area contributed by atoms with E-state index in [9.17, 15) is 9.59 Å². The second-order valence-electron chi connectivity index (χ2n) is 9.17. The first-order chi connectivity index (χ1) is 17.6. The van der Waals surface area contributed by atoms with Crippen molar-refractivity contribution >= 4 is 11.8 Å². The van der Waals surface area contributed by atoms with Crippen LogP contribution in [0.3, 0.4) is 0 Å². The van der Waals surface area contributed by atoms with Crippen LogP contribution < -0.4 is 25.0 Å². The van der Waals surface area contributed by atoms with Crippen molar-refractivity contribution in [2.75, 3.05) is 46.4 Å². The van der Waals surface area contributed by atoms with E-state index in [4.69, 9.17) is 14.2 Å². The van der Waals surface area contributed by atoms with Crippen molar-refractivity contribution < 1.29 is 23.8 Å². The van der Waals surface area contributed by atoms with Gasteiger partial charge in [-0.25, -0.2) is 5.01 Å². The lowest BCUT2D eigenvalue weighted by Gasteiger charge is -2.27. The van der Waals surface area contributed by atoms with E-state index in [2.05, 4.69) is 10.7 Å². The fourth-order valence-electron chi connectivity index (χ4n) is 4.47. The van der Waals surface area contributed by atoms with E-state index in [1.54, 1.807) is 7.11 Å². The number of carbonyl (C=O) groups excluding carboxylic acids is 2. The quantitative estimate of drug-likeness (QED) is 0.521. The van der Waals surface area contributed by atoms with Gasteiger partial charge in [-0.2, -0.15) is 0 Å². The van der Waals surface area contributed by atoms with Crippen LogP contribution in [0.1, 0.15) is 25.7 Å². The molecule has 36 heavy (non-hydrogen) atoms. The highest BCUT2D eigenvalue weighted by Gasteiger charge is 2.28. The normalized spacial score (nSPS) is 20.4. The fraction of sp³-hybridized carbons (Fsp3) is 0.481. The number of ether oxygens (including phenoxy) is 3. The van der Waals surface area contributed by atoms with Crippen LogP contribution in [0.5, 0.6) is 17.2 Å². The zero-order valence-electron chi connectivity index (χ0n) is 20.9. The van der Waals surface area contributed by atoms with Gasteiger partial charge in [-0.05, 0) is 55.7 Å². The highest BCUT2D eigenvalue weighted by Crippen LogP contribution is 2.19. The summed E-state index contributed by atoms with van der Waals surface area (Å²) in [5, 5.41) is 4.91. The van der Waals surface area contributed by atoms with Gasteiger partial charge in [0.1, 0.15) is 23.4 Å². The van der Waals surface area contributed by atoms with Crippen LogP contribution >= 0.6 is 0 Å². The Hall–Kier alpha value is -3.30. The van der Waals surface area contributed by atoms with E-state index in [0.717, 1.165) is 37.3 Å². The van der Waals surface area contributed by atoms with Crippen LogP contribution in [0.2, 0.25) is 0 Å². The van der Waals surface area contributed by atoms with Crippen LogP contribution in [0.15, 0.2) is 54.6 Å². The lowest BCUT2D eigenvalue weighted by Crippen LogP contribution is -2.46. The minimum absolute atomic E-state index is 0.00226. The van der Waals surface area contributed by atoms with Gasteiger partial charge in [-0.15, -0.1) is 0 Å².